The maximum atomic E-state index is 6.44. The molecule has 0 N–H and O–H groups in total. The first kappa shape index (κ1) is 31.8. The monoisotopic (exact) mass is 705 g/mol. The van der Waals surface area contributed by atoms with Gasteiger partial charge in [-0.3, -0.25) is 0 Å². The van der Waals surface area contributed by atoms with Crippen LogP contribution in [0, 0.1) is 0 Å². The lowest BCUT2D eigenvalue weighted by Gasteiger charge is -2.29. The van der Waals surface area contributed by atoms with Crippen molar-refractivity contribution in [2.75, 3.05) is 4.90 Å². The van der Waals surface area contributed by atoms with Crippen molar-refractivity contribution >= 4 is 66.1 Å². The van der Waals surface area contributed by atoms with Crippen LogP contribution in [0.5, 0.6) is 0 Å². The molecule has 55 heavy (non-hydrogen) atoms. The highest BCUT2D eigenvalue weighted by atomic mass is 16.3. The first-order chi connectivity index (χ1) is 27.0. The Balaban J connectivity index is 1.02. The van der Waals surface area contributed by atoms with E-state index in [-0.39, 0.29) is 5.41 Å². The number of para-hydroxylation sites is 2. The largest absolute Gasteiger partial charge is 0.455 e. The lowest BCUT2D eigenvalue weighted by molar-refractivity contribution is 0.648. The molecule has 8 aromatic carbocycles. The Kier molecular flexibility index (Phi) is 7.06. The van der Waals surface area contributed by atoms with Crippen molar-refractivity contribution in [1.29, 1.82) is 0 Å². The van der Waals surface area contributed by atoms with E-state index in [4.69, 9.17) is 4.42 Å². The number of hydrogen-bond donors (Lipinski definition) is 0. The Labute approximate surface area is 321 Å². The molecule has 0 saturated carbocycles. The van der Waals surface area contributed by atoms with Gasteiger partial charge in [0.2, 0.25) is 0 Å². The molecule has 0 spiro atoms. The number of anilines is 3. The molecule has 2 nitrogen and oxygen atoms in total. The predicted octanol–water partition coefficient (Wildman–Crippen LogP) is 14.8. The minimum absolute atomic E-state index is 0.00290. The second kappa shape index (κ2) is 12.2. The third kappa shape index (κ3) is 4.95. The lowest BCUT2D eigenvalue weighted by atomic mass is 9.77. The van der Waals surface area contributed by atoms with Gasteiger partial charge in [0, 0.05) is 44.4 Å². The number of fused-ring (bicyclic) bond motifs is 9. The zero-order valence-electron chi connectivity index (χ0n) is 31.0. The molecule has 0 aliphatic heterocycles. The van der Waals surface area contributed by atoms with Crippen LogP contribution in [0.3, 0.4) is 0 Å². The Morgan fingerprint density at radius 2 is 1.20 bits per heavy atom. The van der Waals surface area contributed by atoms with Crippen molar-refractivity contribution in [2.45, 2.75) is 31.6 Å². The summed E-state index contributed by atoms with van der Waals surface area (Å²) in [4.78, 5) is 2.43. The molecule has 0 radical (unpaired) electrons. The standard InChI is InChI=1S/C53H39NO/c1-53(2)48-20-9-7-15-43(48)44-31-26-36(32-49(44)53)34-22-27-38(28-23-34)54(50-33-37-12-3-4-13-40(37)42-14-5-6-16-45(42)50)39-29-24-35(25-30-39)41-18-11-19-47-46-17-8-10-21-51(46)55-52(41)47/h3-25,27-33,36H,26H2,1-2H3. The van der Waals surface area contributed by atoms with Gasteiger partial charge in [0.05, 0.1) is 5.69 Å². The fraction of sp³-hybridized carbons (Fsp3) is 0.0943. The minimum atomic E-state index is -0.00290. The van der Waals surface area contributed by atoms with Crippen LogP contribution in [0.15, 0.2) is 192 Å². The highest BCUT2D eigenvalue weighted by molar-refractivity contribution is 6.15. The van der Waals surface area contributed by atoms with Crippen LogP contribution in [-0.4, -0.2) is 0 Å². The summed E-state index contributed by atoms with van der Waals surface area (Å²) in [5.74, 6) is 0.330. The molecule has 2 heteroatoms. The fourth-order valence-corrected chi connectivity index (χ4v) is 9.44. The molecule has 0 saturated heterocycles. The van der Waals surface area contributed by atoms with Gasteiger partial charge in [-0.05, 0) is 92.4 Å². The highest BCUT2D eigenvalue weighted by Crippen LogP contribution is 2.53. The Morgan fingerprint density at radius 1 is 0.564 bits per heavy atom. The average molecular weight is 706 g/mol. The van der Waals surface area contributed by atoms with E-state index >= 15 is 0 Å². The highest BCUT2D eigenvalue weighted by Gasteiger charge is 2.39. The van der Waals surface area contributed by atoms with Gasteiger partial charge in [-0.1, -0.05) is 159 Å². The zero-order chi connectivity index (χ0) is 36.7. The van der Waals surface area contributed by atoms with Crippen LogP contribution in [0.1, 0.15) is 42.9 Å². The van der Waals surface area contributed by atoms with E-state index < -0.39 is 0 Å². The fourth-order valence-electron chi connectivity index (χ4n) is 9.44. The number of rotatable bonds is 5. The topological polar surface area (TPSA) is 16.4 Å². The van der Waals surface area contributed by atoms with Gasteiger partial charge in [0.1, 0.15) is 11.2 Å². The Morgan fingerprint density at radius 3 is 2.02 bits per heavy atom. The van der Waals surface area contributed by atoms with Crippen LogP contribution < -0.4 is 4.90 Å². The molecular formula is C53H39NO. The van der Waals surface area contributed by atoms with Crippen LogP contribution in [0.4, 0.5) is 17.1 Å². The molecule has 1 aromatic heterocycles. The predicted molar refractivity (Wildman–Crippen MR) is 232 cm³/mol. The van der Waals surface area contributed by atoms with Crippen molar-refractivity contribution < 1.29 is 4.42 Å². The minimum Gasteiger partial charge on any atom is -0.455 e. The third-order valence-electron chi connectivity index (χ3n) is 12.2. The summed E-state index contributed by atoms with van der Waals surface area (Å²) in [6, 6.07) is 61.9. The number of furan rings is 1. The van der Waals surface area contributed by atoms with Crippen LogP contribution in [-0.2, 0) is 5.41 Å². The molecule has 2 aliphatic rings. The van der Waals surface area contributed by atoms with Crippen molar-refractivity contribution in [2.24, 2.45) is 0 Å². The van der Waals surface area contributed by atoms with E-state index in [9.17, 15) is 0 Å². The summed E-state index contributed by atoms with van der Waals surface area (Å²) in [6.07, 6.45) is 6.02. The Hall–Kier alpha value is -6.64. The SMILES string of the molecule is CC1(C)C2=CC(c3ccc(N(c4ccc(-c5cccc6c5oc5ccccc56)cc4)c4cc5ccccc5c5ccccc45)cc3)CC=C2c2ccccc21. The third-order valence-corrected chi connectivity index (χ3v) is 12.2. The van der Waals surface area contributed by atoms with Crippen LogP contribution >= 0.6 is 0 Å². The summed E-state index contributed by atoms with van der Waals surface area (Å²) < 4.78 is 6.44. The molecule has 0 fully saturated rings. The first-order valence-corrected chi connectivity index (χ1v) is 19.4. The quantitative estimate of drug-likeness (QED) is 0.166. The maximum absolute atomic E-state index is 6.44. The van der Waals surface area contributed by atoms with E-state index in [2.05, 4.69) is 189 Å². The zero-order valence-corrected chi connectivity index (χ0v) is 31.0. The normalized spacial score (nSPS) is 15.9. The molecule has 0 amide bonds. The van der Waals surface area contributed by atoms with E-state index in [1.54, 1.807) is 0 Å². The van der Waals surface area contributed by atoms with E-state index in [1.807, 2.05) is 12.1 Å². The van der Waals surface area contributed by atoms with Crippen molar-refractivity contribution in [3.63, 3.8) is 0 Å². The van der Waals surface area contributed by atoms with E-state index in [1.165, 1.54) is 49.4 Å². The molecule has 9 aromatic rings. The summed E-state index contributed by atoms with van der Waals surface area (Å²) in [5.41, 5.74) is 14.5. The van der Waals surface area contributed by atoms with E-state index in [0.29, 0.717) is 5.92 Å². The molecule has 1 atom stereocenters. The molecule has 1 heterocycles. The Bertz CT molecular complexity index is 3030. The number of allylic oxidation sites excluding steroid dienone is 4. The van der Waals surface area contributed by atoms with E-state index in [0.717, 1.165) is 56.5 Å². The molecule has 11 rings (SSSR count). The molecular weight excluding hydrogens is 667 g/mol. The summed E-state index contributed by atoms with van der Waals surface area (Å²) in [7, 11) is 0. The average Bonchev–Trinajstić information content (AvgIpc) is 3.73. The van der Waals surface area contributed by atoms with Gasteiger partial charge in [0.25, 0.3) is 0 Å². The van der Waals surface area contributed by atoms with Gasteiger partial charge in [-0.2, -0.15) is 0 Å². The summed E-state index contributed by atoms with van der Waals surface area (Å²) >= 11 is 0. The van der Waals surface area contributed by atoms with Crippen molar-refractivity contribution in [3.05, 3.63) is 204 Å². The molecule has 2 aliphatic carbocycles. The van der Waals surface area contributed by atoms with Crippen LogP contribution in [0.25, 0.3) is 60.2 Å². The molecule has 0 bridgehead atoms. The molecule has 1 unspecified atom stereocenters. The lowest BCUT2D eigenvalue weighted by Crippen LogP contribution is -2.17. The number of hydrogen-bond acceptors (Lipinski definition) is 2. The molecule has 262 valence electrons. The van der Waals surface area contributed by atoms with Crippen LogP contribution in [0.2, 0.25) is 0 Å². The second-order valence-electron chi connectivity index (χ2n) is 15.6. The number of nitrogens with zero attached hydrogens (tertiary/aromatic N) is 1. The maximum Gasteiger partial charge on any atom is 0.143 e. The van der Waals surface area contributed by atoms with Gasteiger partial charge in [-0.15, -0.1) is 0 Å². The summed E-state index contributed by atoms with van der Waals surface area (Å²) in [5, 5.41) is 7.25. The van der Waals surface area contributed by atoms with Gasteiger partial charge in [-0.25, -0.2) is 0 Å². The number of benzene rings is 8. The van der Waals surface area contributed by atoms with Gasteiger partial charge in [0.15, 0.2) is 0 Å². The first-order valence-electron chi connectivity index (χ1n) is 19.4. The summed E-state index contributed by atoms with van der Waals surface area (Å²) in [6.45, 7) is 4.75. The smallest absolute Gasteiger partial charge is 0.143 e. The van der Waals surface area contributed by atoms with Crippen molar-refractivity contribution in [3.8, 4) is 11.1 Å². The van der Waals surface area contributed by atoms with Crippen molar-refractivity contribution in [1.82, 2.24) is 0 Å². The van der Waals surface area contributed by atoms with Gasteiger partial charge < -0.3 is 9.32 Å². The second-order valence-corrected chi connectivity index (χ2v) is 15.6. The van der Waals surface area contributed by atoms with Gasteiger partial charge >= 0.3 is 0 Å².